The van der Waals surface area contributed by atoms with Gasteiger partial charge in [-0.15, -0.1) is 0 Å². The standard InChI is InChI=1S/C20H34O3S/c1-2-3-4-9-14-24-15-17-16(18-12-13-19(17)23-18)10-7-5-6-8-11-20(21)22/h5,7,16-19H,2-4,6,8-15H2,1H3,(H,21,22)/b7-5-/t16-,17+,18-,19+/m1/s1. The summed E-state index contributed by atoms with van der Waals surface area (Å²) in [4.78, 5) is 10.5. The van der Waals surface area contributed by atoms with E-state index in [1.54, 1.807) is 0 Å². The SMILES string of the molecule is CCCCCCSC[C@H]1[C@@H](C/C=C\CCCC(=O)O)[C@H]2CC[C@@H]1O2. The van der Waals surface area contributed by atoms with Gasteiger partial charge in [-0.2, -0.15) is 11.8 Å². The number of rotatable bonds is 13. The molecule has 24 heavy (non-hydrogen) atoms. The second-order valence-electron chi connectivity index (χ2n) is 7.25. The molecule has 0 aliphatic carbocycles. The summed E-state index contributed by atoms with van der Waals surface area (Å²) in [5, 5.41) is 8.66. The van der Waals surface area contributed by atoms with Gasteiger partial charge < -0.3 is 9.84 Å². The summed E-state index contributed by atoms with van der Waals surface area (Å²) in [7, 11) is 0. The molecule has 2 heterocycles. The number of aliphatic carboxylic acids is 1. The highest BCUT2D eigenvalue weighted by molar-refractivity contribution is 7.99. The van der Waals surface area contributed by atoms with Crippen molar-refractivity contribution in [3.63, 3.8) is 0 Å². The van der Waals surface area contributed by atoms with Crippen LogP contribution in [0.25, 0.3) is 0 Å². The summed E-state index contributed by atoms with van der Waals surface area (Å²) in [5.41, 5.74) is 0. The van der Waals surface area contributed by atoms with E-state index in [0.717, 1.165) is 25.2 Å². The molecule has 2 rings (SSSR count). The van der Waals surface area contributed by atoms with E-state index in [2.05, 4.69) is 30.8 Å². The quantitative estimate of drug-likeness (QED) is 0.360. The van der Waals surface area contributed by atoms with Crippen LogP contribution in [-0.2, 0) is 9.53 Å². The van der Waals surface area contributed by atoms with Gasteiger partial charge in [-0.05, 0) is 61.9 Å². The highest BCUT2D eigenvalue weighted by Gasteiger charge is 2.47. The molecule has 0 amide bonds. The van der Waals surface area contributed by atoms with E-state index in [9.17, 15) is 4.79 Å². The molecular weight excluding hydrogens is 320 g/mol. The fourth-order valence-corrected chi connectivity index (χ4v) is 5.33. The van der Waals surface area contributed by atoms with E-state index < -0.39 is 5.97 Å². The van der Waals surface area contributed by atoms with Crippen LogP contribution in [0.3, 0.4) is 0 Å². The topological polar surface area (TPSA) is 46.5 Å². The van der Waals surface area contributed by atoms with Gasteiger partial charge >= 0.3 is 5.97 Å². The van der Waals surface area contributed by atoms with Gasteiger partial charge in [-0.25, -0.2) is 0 Å². The maximum atomic E-state index is 10.5. The Morgan fingerprint density at radius 1 is 1.12 bits per heavy atom. The van der Waals surface area contributed by atoms with Crippen LogP contribution in [-0.4, -0.2) is 34.8 Å². The molecule has 0 radical (unpaired) electrons. The lowest BCUT2D eigenvalue weighted by atomic mass is 9.78. The molecule has 2 aliphatic heterocycles. The van der Waals surface area contributed by atoms with Crippen molar-refractivity contribution >= 4 is 17.7 Å². The fraction of sp³-hybridized carbons (Fsp3) is 0.850. The van der Waals surface area contributed by atoms with Gasteiger partial charge in [0.05, 0.1) is 12.2 Å². The van der Waals surface area contributed by atoms with Crippen molar-refractivity contribution in [3.8, 4) is 0 Å². The fourth-order valence-electron chi connectivity index (χ4n) is 4.02. The smallest absolute Gasteiger partial charge is 0.303 e. The van der Waals surface area contributed by atoms with Crippen molar-refractivity contribution in [2.45, 2.75) is 83.3 Å². The number of allylic oxidation sites excluding steroid dienone is 2. The van der Waals surface area contributed by atoms with Crippen molar-refractivity contribution in [3.05, 3.63) is 12.2 Å². The molecule has 2 aliphatic rings. The van der Waals surface area contributed by atoms with Crippen molar-refractivity contribution < 1.29 is 14.6 Å². The van der Waals surface area contributed by atoms with Crippen LogP contribution in [0.5, 0.6) is 0 Å². The van der Waals surface area contributed by atoms with Gasteiger partial charge in [-0.3, -0.25) is 4.79 Å². The lowest BCUT2D eigenvalue weighted by Crippen LogP contribution is -2.28. The molecule has 2 bridgehead atoms. The summed E-state index contributed by atoms with van der Waals surface area (Å²) in [5.74, 6) is 3.27. The Morgan fingerprint density at radius 3 is 2.67 bits per heavy atom. The first kappa shape index (κ1) is 19.8. The van der Waals surface area contributed by atoms with E-state index in [0.29, 0.717) is 18.1 Å². The molecule has 0 saturated carbocycles. The number of ether oxygens (including phenoxy) is 1. The Hall–Kier alpha value is -0.480. The summed E-state index contributed by atoms with van der Waals surface area (Å²) in [6.45, 7) is 2.26. The van der Waals surface area contributed by atoms with E-state index >= 15 is 0 Å². The van der Waals surface area contributed by atoms with Crippen LogP contribution in [0.4, 0.5) is 0 Å². The molecule has 0 unspecified atom stereocenters. The maximum Gasteiger partial charge on any atom is 0.303 e. The zero-order chi connectivity index (χ0) is 17.2. The van der Waals surface area contributed by atoms with Gasteiger partial charge in [0.15, 0.2) is 0 Å². The number of unbranched alkanes of at least 4 members (excludes halogenated alkanes) is 4. The normalized spacial score (nSPS) is 28.9. The van der Waals surface area contributed by atoms with E-state index in [4.69, 9.17) is 9.84 Å². The number of fused-ring (bicyclic) bond motifs is 2. The third-order valence-corrected chi connectivity index (χ3v) is 6.58. The van der Waals surface area contributed by atoms with Crippen molar-refractivity contribution in [1.29, 1.82) is 0 Å². The molecule has 3 nitrogen and oxygen atoms in total. The second-order valence-corrected chi connectivity index (χ2v) is 8.40. The first-order valence-electron chi connectivity index (χ1n) is 9.82. The Bertz CT molecular complexity index is 396. The molecule has 2 saturated heterocycles. The second kappa shape index (κ2) is 11.2. The third-order valence-electron chi connectivity index (χ3n) is 5.38. The molecule has 0 aromatic carbocycles. The molecule has 4 heteroatoms. The number of hydrogen-bond acceptors (Lipinski definition) is 3. The van der Waals surface area contributed by atoms with E-state index in [1.807, 2.05) is 0 Å². The van der Waals surface area contributed by atoms with Gasteiger partial charge in [-0.1, -0.05) is 38.3 Å². The Labute approximate surface area is 151 Å². The first-order chi connectivity index (χ1) is 11.7. The minimum absolute atomic E-state index is 0.277. The van der Waals surface area contributed by atoms with Gasteiger partial charge in [0.25, 0.3) is 0 Å². The maximum absolute atomic E-state index is 10.5. The molecule has 0 aromatic rings. The first-order valence-corrected chi connectivity index (χ1v) is 11.0. The summed E-state index contributed by atoms with van der Waals surface area (Å²) < 4.78 is 6.18. The van der Waals surface area contributed by atoms with Crippen LogP contribution < -0.4 is 0 Å². The average molecular weight is 355 g/mol. The molecule has 1 N–H and O–H groups in total. The zero-order valence-corrected chi connectivity index (χ0v) is 15.9. The Morgan fingerprint density at radius 2 is 1.92 bits per heavy atom. The van der Waals surface area contributed by atoms with Crippen molar-refractivity contribution in [2.75, 3.05) is 11.5 Å². The largest absolute Gasteiger partial charge is 0.481 e. The Kier molecular flexibility index (Phi) is 9.26. The van der Waals surface area contributed by atoms with Crippen LogP contribution in [0.15, 0.2) is 12.2 Å². The number of carboxylic acids is 1. The minimum atomic E-state index is -0.694. The summed E-state index contributed by atoms with van der Waals surface area (Å²) in [6.07, 6.45) is 16.3. The molecular formula is C20H34O3S. The number of carboxylic acid groups (broad SMARTS) is 1. The van der Waals surface area contributed by atoms with Gasteiger partial charge in [0, 0.05) is 6.42 Å². The van der Waals surface area contributed by atoms with Crippen LogP contribution in [0, 0.1) is 11.8 Å². The molecule has 2 fully saturated rings. The molecule has 0 aromatic heterocycles. The monoisotopic (exact) mass is 354 g/mol. The lowest BCUT2D eigenvalue weighted by molar-refractivity contribution is -0.137. The highest BCUT2D eigenvalue weighted by atomic mass is 32.2. The lowest BCUT2D eigenvalue weighted by Gasteiger charge is -2.27. The average Bonchev–Trinajstić information content (AvgIpc) is 3.15. The number of carbonyl (C=O) groups is 1. The summed E-state index contributed by atoms with van der Waals surface area (Å²) in [6, 6.07) is 0. The molecule has 138 valence electrons. The predicted octanol–water partition coefficient (Wildman–Crippen LogP) is 5.29. The van der Waals surface area contributed by atoms with Crippen LogP contribution in [0.2, 0.25) is 0 Å². The predicted molar refractivity (Wildman–Crippen MR) is 102 cm³/mol. The Balaban J connectivity index is 1.65. The zero-order valence-electron chi connectivity index (χ0n) is 15.1. The molecule has 0 spiro atoms. The van der Waals surface area contributed by atoms with Crippen LogP contribution >= 0.6 is 11.8 Å². The highest BCUT2D eigenvalue weighted by Crippen LogP contribution is 2.46. The van der Waals surface area contributed by atoms with E-state index in [1.165, 1.54) is 50.0 Å². The van der Waals surface area contributed by atoms with Gasteiger partial charge in [0.1, 0.15) is 0 Å². The number of hydrogen-bond donors (Lipinski definition) is 1. The third kappa shape index (κ3) is 6.44. The van der Waals surface area contributed by atoms with Gasteiger partial charge in [0.2, 0.25) is 0 Å². The summed E-state index contributed by atoms with van der Waals surface area (Å²) >= 11 is 2.13. The van der Waals surface area contributed by atoms with E-state index in [-0.39, 0.29) is 6.42 Å². The van der Waals surface area contributed by atoms with Crippen molar-refractivity contribution in [2.24, 2.45) is 11.8 Å². The number of thioether (sulfide) groups is 1. The van der Waals surface area contributed by atoms with Crippen LogP contribution in [0.1, 0.15) is 71.1 Å². The van der Waals surface area contributed by atoms with Crippen molar-refractivity contribution in [1.82, 2.24) is 0 Å². The minimum Gasteiger partial charge on any atom is -0.481 e. The molecule has 4 atom stereocenters.